The molecule has 0 spiro atoms. The minimum atomic E-state index is 0.0466. The van der Waals surface area contributed by atoms with Crippen LogP contribution >= 0.6 is 11.6 Å². The zero-order valence-corrected chi connectivity index (χ0v) is 11.4. The van der Waals surface area contributed by atoms with Crippen LogP contribution in [0.5, 0.6) is 0 Å². The molecule has 0 aromatic carbocycles. The highest BCUT2D eigenvalue weighted by Gasteiger charge is 2.23. The summed E-state index contributed by atoms with van der Waals surface area (Å²) >= 11 is 6.20. The first-order chi connectivity index (χ1) is 7.38. The number of carbonyl (C=O) groups is 1. The summed E-state index contributed by atoms with van der Waals surface area (Å²) in [6.07, 6.45) is 5.43. The smallest absolute Gasteiger partial charge is 0.223 e. The molecule has 0 aliphatic heterocycles. The molecule has 2 nitrogen and oxygen atoms in total. The van der Waals surface area contributed by atoms with Crippen LogP contribution in [-0.4, -0.2) is 17.8 Å². The summed E-state index contributed by atoms with van der Waals surface area (Å²) < 4.78 is 0. The van der Waals surface area contributed by atoms with Gasteiger partial charge in [-0.1, -0.05) is 33.6 Å². The molecule has 0 aromatic rings. The predicted molar refractivity (Wildman–Crippen MR) is 68.7 cm³/mol. The second-order valence-corrected chi connectivity index (χ2v) is 6.71. The van der Waals surface area contributed by atoms with Crippen LogP contribution in [0, 0.1) is 11.3 Å². The van der Waals surface area contributed by atoms with Crippen LogP contribution in [0.2, 0.25) is 0 Å². The molecule has 94 valence electrons. The molecule has 1 rings (SSSR count). The normalized spacial score (nSPS) is 19.8. The van der Waals surface area contributed by atoms with E-state index in [1.54, 1.807) is 0 Å². The number of rotatable bonds is 4. The number of hydrogen-bond acceptors (Lipinski definition) is 1. The zero-order chi connectivity index (χ0) is 12.2. The third kappa shape index (κ3) is 5.20. The van der Waals surface area contributed by atoms with E-state index in [1.165, 1.54) is 12.8 Å². The lowest BCUT2D eigenvalue weighted by molar-refractivity contribution is -0.124. The summed E-state index contributed by atoms with van der Waals surface area (Å²) in [5.74, 6) is 0.454. The minimum Gasteiger partial charge on any atom is -0.354 e. The maximum atomic E-state index is 11.7. The van der Waals surface area contributed by atoms with E-state index in [1.807, 2.05) is 0 Å². The van der Waals surface area contributed by atoms with Gasteiger partial charge in [-0.15, -0.1) is 11.6 Å². The van der Waals surface area contributed by atoms with Crippen LogP contribution in [0.15, 0.2) is 0 Å². The summed E-state index contributed by atoms with van der Waals surface area (Å²) in [6, 6.07) is 0. The summed E-state index contributed by atoms with van der Waals surface area (Å²) in [6.45, 7) is 7.11. The highest BCUT2D eigenvalue weighted by atomic mass is 35.5. The van der Waals surface area contributed by atoms with Crippen molar-refractivity contribution >= 4 is 17.5 Å². The number of carbonyl (C=O) groups excluding carboxylic acids is 1. The third-order valence-electron chi connectivity index (χ3n) is 3.06. The molecule has 0 bridgehead atoms. The van der Waals surface area contributed by atoms with Gasteiger partial charge < -0.3 is 5.32 Å². The lowest BCUT2D eigenvalue weighted by atomic mass is 9.90. The van der Waals surface area contributed by atoms with E-state index in [0.29, 0.717) is 6.54 Å². The number of alkyl halides is 1. The first-order valence-corrected chi connectivity index (χ1v) is 6.74. The molecule has 0 saturated heterocycles. The molecule has 1 aliphatic carbocycles. The fraction of sp³-hybridized carbons (Fsp3) is 0.923. The van der Waals surface area contributed by atoms with Crippen LogP contribution in [0.1, 0.15) is 52.9 Å². The van der Waals surface area contributed by atoms with E-state index in [9.17, 15) is 4.79 Å². The number of amides is 1. The SMILES string of the molecule is CC(C)(C)CC(Cl)CNC(=O)C1CCCC1. The van der Waals surface area contributed by atoms with Gasteiger partial charge in [0.2, 0.25) is 5.91 Å². The second-order valence-electron chi connectivity index (χ2n) is 6.09. The Morgan fingerprint density at radius 3 is 2.44 bits per heavy atom. The fourth-order valence-corrected chi connectivity index (χ4v) is 2.82. The van der Waals surface area contributed by atoms with Crippen molar-refractivity contribution in [3.05, 3.63) is 0 Å². The van der Waals surface area contributed by atoms with Gasteiger partial charge in [-0.25, -0.2) is 0 Å². The average molecular weight is 246 g/mol. The summed E-state index contributed by atoms with van der Waals surface area (Å²) in [4.78, 5) is 11.7. The predicted octanol–water partition coefficient (Wildman–Crippen LogP) is 3.34. The summed E-state index contributed by atoms with van der Waals surface area (Å²) in [5.41, 5.74) is 0.227. The van der Waals surface area contributed by atoms with Crippen molar-refractivity contribution < 1.29 is 4.79 Å². The Morgan fingerprint density at radius 1 is 1.38 bits per heavy atom. The average Bonchev–Trinajstić information content (AvgIpc) is 2.64. The van der Waals surface area contributed by atoms with Crippen molar-refractivity contribution in [2.24, 2.45) is 11.3 Å². The van der Waals surface area contributed by atoms with Gasteiger partial charge in [-0.05, 0) is 24.7 Å². The van der Waals surface area contributed by atoms with Gasteiger partial charge in [-0.3, -0.25) is 4.79 Å². The molecule has 1 saturated carbocycles. The quantitative estimate of drug-likeness (QED) is 0.757. The monoisotopic (exact) mass is 245 g/mol. The van der Waals surface area contributed by atoms with Crippen molar-refractivity contribution in [2.45, 2.75) is 58.3 Å². The lowest BCUT2D eigenvalue weighted by Crippen LogP contribution is -2.35. The van der Waals surface area contributed by atoms with Crippen molar-refractivity contribution in [1.82, 2.24) is 5.32 Å². The summed E-state index contributed by atoms with van der Waals surface area (Å²) in [5, 5.41) is 3.02. The molecule has 3 heteroatoms. The molecule has 1 N–H and O–H groups in total. The minimum absolute atomic E-state index is 0.0466. The molecule has 1 aliphatic rings. The van der Waals surface area contributed by atoms with E-state index < -0.39 is 0 Å². The molecule has 0 aromatic heterocycles. The first-order valence-electron chi connectivity index (χ1n) is 6.30. The van der Waals surface area contributed by atoms with Gasteiger partial charge in [0.05, 0.1) is 5.38 Å². The van der Waals surface area contributed by atoms with Crippen molar-refractivity contribution in [2.75, 3.05) is 6.54 Å². The number of nitrogens with one attached hydrogen (secondary N) is 1. The Labute approximate surface area is 104 Å². The third-order valence-corrected chi connectivity index (χ3v) is 3.37. The van der Waals surface area contributed by atoms with Gasteiger partial charge in [0.25, 0.3) is 0 Å². The van der Waals surface area contributed by atoms with Crippen LogP contribution in [0.4, 0.5) is 0 Å². The standard InChI is InChI=1S/C13H24ClNO/c1-13(2,3)8-11(14)9-15-12(16)10-6-4-5-7-10/h10-11H,4-9H2,1-3H3,(H,15,16). The molecule has 1 amide bonds. The summed E-state index contributed by atoms with van der Waals surface area (Å²) in [7, 11) is 0. The van der Waals surface area contributed by atoms with E-state index in [0.717, 1.165) is 19.3 Å². The molecule has 1 unspecified atom stereocenters. The zero-order valence-electron chi connectivity index (χ0n) is 10.7. The van der Waals surface area contributed by atoms with Crippen LogP contribution in [0.3, 0.4) is 0 Å². The van der Waals surface area contributed by atoms with Crippen LogP contribution < -0.4 is 5.32 Å². The van der Waals surface area contributed by atoms with Gasteiger partial charge in [0.15, 0.2) is 0 Å². The molecule has 1 atom stereocenters. The Bertz CT molecular complexity index is 229. The Kier molecular flexibility index (Phi) is 5.10. The number of hydrogen-bond donors (Lipinski definition) is 1. The fourth-order valence-electron chi connectivity index (χ4n) is 2.28. The van der Waals surface area contributed by atoms with Crippen LogP contribution in [0.25, 0.3) is 0 Å². The molecule has 16 heavy (non-hydrogen) atoms. The Hall–Kier alpha value is -0.240. The Balaban J connectivity index is 2.20. The van der Waals surface area contributed by atoms with E-state index in [4.69, 9.17) is 11.6 Å². The van der Waals surface area contributed by atoms with Crippen LogP contribution in [-0.2, 0) is 4.79 Å². The molecule has 0 radical (unpaired) electrons. The molecular formula is C13H24ClNO. The molecule has 0 heterocycles. The van der Waals surface area contributed by atoms with Gasteiger partial charge in [0.1, 0.15) is 0 Å². The largest absolute Gasteiger partial charge is 0.354 e. The lowest BCUT2D eigenvalue weighted by Gasteiger charge is -2.22. The van der Waals surface area contributed by atoms with Gasteiger partial charge in [0, 0.05) is 12.5 Å². The second kappa shape index (κ2) is 5.90. The van der Waals surface area contributed by atoms with Crippen molar-refractivity contribution in [3.63, 3.8) is 0 Å². The van der Waals surface area contributed by atoms with Gasteiger partial charge >= 0.3 is 0 Å². The van der Waals surface area contributed by atoms with E-state index in [-0.39, 0.29) is 22.6 Å². The Morgan fingerprint density at radius 2 is 1.94 bits per heavy atom. The first kappa shape index (κ1) is 13.8. The number of halogens is 1. The van der Waals surface area contributed by atoms with Gasteiger partial charge in [-0.2, -0.15) is 0 Å². The van der Waals surface area contributed by atoms with Crippen molar-refractivity contribution in [1.29, 1.82) is 0 Å². The topological polar surface area (TPSA) is 29.1 Å². The van der Waals surface area contributed by atoms with E-state index >= 15 is 0 Å². The maximum Gasteiger partial charge on any atom is 0.223 e. The van der Waals surface area contributed by atoms with E-state index in [2.05, 4.69) is 26.1 Å². The highest BCUT2D eigenvalue weighted by Crippen LogP contribution is 2.25. The molecule has 1 fully saturated rings. The highest BCUT2D eigenvalue weighted by molar-refractivity contribution is 6.20. The van der Waals surface area contributed by atoms with Crippen molar-refractivity contribution in [3.8, 4) is 0 Å². The molecular weight excluding hydrogens is 222 g/mol. The maximum absolute atomic E-state index is 11.7.